The highest BCUT2D eigenvalue weighted by atomic mass is 16.5. The van der Waals surface area contributed by atoms with Gasteiger partial charge in [-0.1, -0.05) is 18.2 Å². The molecule has 0 aliphatic carbocycles. The molecule has 2 aromatic carbocycles. The fourth-order valence-corrected chi connectivity index (χ4v) is 2.26. The first kappa shape index (κ1) is 13.1. The molecule has 2 N–H and O–H groups in total. The van der Waals surface area contributed by atoms with E-state index in [1.54, 1.807) is 24.3 Å². The van der Waals surface area contributed by atoms with Crippen LogP contribution in [0.1, 0.15) is 0 Å². The Bertz CT molecular complexity index is 879. The van der Waals surface area contributed by atoms with Crippen LogP contribution in [0.2, 0.25) is 0 Å². The van der Waals surface area contributed by atoms with E-state index in [9.17, 15) is 15.0 Å². The maximum absolute atomic E-state index is 12.2. The van der Waals surface area contributed by atoms with Crippen LogP contribution in [0.5, 0.6) is 17.2 Å². The maximum atomic E-state index is 12.2. The fraction of sp³-hybridized carbons (Fsp3) is 0.0625. The molecule has 0 spiro atoms. The number of phenolic OH excluding ortho intramolecular Hbond substituents is 1. The molecule has 106 valence electrons. The highest BCUT2D eigenvalue weighted by Gasteiger charge is 2.18. The van der Waals surface area contributed by atoms with Crippen LogP contribution in [0.3, 0.4) is 0 Å². The van der Waals surface area contributed by atoms with Crippen LogP contribution < -0.4 is 10.4 Å². The second kappa shape index (κ2) is 4.86. The quantitative estimate of drug-likeness (QED) is 0.707. The Kier molecular flexibility index (Phi) is 3.02. The number of phenols is 1. The van der Waals surface area contributed by atoms with Crippen molar-refractivity contribution in [1.82, 2.24) is 0 Å². The highest BCUT2D eigenvalue weighted by Crippen LogP contribution is 2.37. The van der Waals surface area contributed by atoms with Crippen molar-refractivity contribution in [2.24, 2.45) is 0 Å². The molecule has 0 unspecified atom stereocenters. The van der Waals surface area contributed by atoms with Gasteiger partial charge in [0.1, 0.15) is 28.4 Å². The summed E-state index contributed by atoms with van der Waals surface area (Å²) in [7, 11) is 1.48. The second-order valence-corrected chi connectivity index (χ2v) is 4.49. The van der Waals surface area contributed by atoms with Gasteiger partial charge in [-0.3, -0.25) is 0 Å². The fourth-order valence-electron chi connectivity index (χ4n) is 2.26. The van der Waals surface area contributed by atoms with Crippen LogP contribution in [0, 0.1) is 0 Å². The van der Waals surface area contributed by atoms with Gasteiger partial charge in [0, 0.05) is 11.6 Å². The third-order valence-corrected chi connectivity index (χ3v) is 3.24. The smallest absolute Gasteiger partial charge is 0.348 e. The first-order valence-corrected chi connectivity index (χ1v) is 6.24. The molecular weight excluding hydrogens is 272 g/mol. The molecule has 21 heavy (non-hydrogen) atoms. The zero-order chi connectivity index (χ0) is 15.0. The van der Waals surface area contributed by atoms with Gasteiger partial charge in [-0.15, -0.1) is 0 Å². The van der Waals surface area contributed by atoms with Gasteiger partial charge >= 0.3 is 5.63 Å². The average Bonchev–Trinajstić information content (AvgIpc) is 2.47. The molecular formula is C16H12O5. The van der Waals surface area contributed by atoms with Gasteiger partial charge in [-0.25, -0.2) is 4.79 Å². The minimum atomic E-state index is -0.699. The van der Waals surface area contributed by atoms with Gasteiger partial charge in [0.25, 0.3) is 0 Å². The first-order valence-electron chi connectivity index (χ1n) is 6.24. The van der Waals surface area contributed by atoms with E-state index in [2.05, 4.69) is 0 Å². The third kappa shape index (κ3) is 2.08. The summed E-state index contributed by atoms with van der Waals surface area (Å²) in [6.45, 7) is 0. The van der Waals surface area contributed by atoms with E-state index in [0.29, 0.717) is 16.7 Å². The van der Waals surface area contributed by atoms with Crippen LogP contribution in [-0.2, 0) is 0 Å². The van der Waals surface area contributed by atoms with E-state index in [1.165, 1.54) is 25.3 Å². The monoisotopic (exact) mass is 284 g/mol. The lowest BCUT2D eigenvalue weighted by atomic mass is 10.0. The summed E-state index contributed by atoms with van der Waals surface area (Å²) in [6, 6.07) is 11.0. The number of ether oxygens (including phenoxy) is 1. The molecule has 0 atom stereocenters. The summed E-state index contributed by atoms with van der Waals surface area (Å²) in [5, 5.41) is 20.2. The summed E-state index contributed by atoms with van der Waals surface area (Å²) in [6.07, 6.45) is 0. The molecule has 1 heterocycles. The van der Waals surface area contributed by atoms with Gasteiger partial charge in [0.2, 0.25) is 0 Å². The second-order valence-electron chi connectivity index (χ2n) is 4.49. The Labute approximate surface area is 119 Å². The van der Waals surface area contributed by atoms with Crippen molar-refractivity contribution in [3.8, 4) is 28.4 Å². The van der Waals surface area contributed by atoms with Crippen LogP contribution in [0.15, 0.2) is 51.7 Å². The molecule has 3 rings (SSSR count). The number of methoxy groups -OCH3 is 1. The van der Waals surface area contributed by atoms with E-state index in [4.69, 9.17) is 9.15 Å². The van der Waals surface area contributed by atoms with Crippen LogP contribution in [0.25, 0.3) is 22.1 Å². The molecule has 5 nitrogen and oxygen atoms in total. The zero-order valence-electron chi connectivity index (χ0n) is 11.2. The lowest BCUT2D eigenvalue weighted by molar-refractivity contribution is 0.415. The van der Waals surface area contributed by atoms with Crippen LogP contribution in [-0.4, -0.2) is 17.3 Å². The number of fused-ring (bicyclic) bond motifs is 1. The van der Waals surface area contributed by atoms with Gasteiger partial charge in [-0.2, -0.15) is 0 Å². The molecule has 0 amide bonds. The zero-order valence-corrected chi connectivity index (χ0v) is 11.2. The number of aromatic hydroxyl groups is 2. The van der Waals surface area contributed by atoms with Crippen molar-refractivity contribution in [1.29, 1.82) is 0 Å². The number of para-hydroxylation sites is 1. The van der Waals surface area contributed by atoms with Crippen molar-refractivity contribution >= 4 is 11.0 Å². The Balaban J connectivity index is 2.38. The largest absolute Gasteiger partial charge is 0.508 e. The Morgan fingerprint density at radius 3 is 2.62 bits per heavy atom. The molecule has 1 aromatic heterocycles. The average molecular weight is 284 g/mol. The molecule has 0 saturated carbocycles. The molecule has 0 radical (unpaired) electrons. The number of hydrogen-bond acceptors (Lipinski definition) is 5. The summed E-state index contributed by atoms with van der Waals surface area (Å²) in [4.78, 5) is 12.2. The predicted octanol–water partition coefficient (Wildman–Crippen LogP) is 2.88. The van der Waals surface area contributed by atoms with Crippen molar-refractivity contribution in [3.63, 3.8) is 0 Å². The normalized spacial score (nSPS) is 10.7. The van der Waals surface area contributed by atoms with Crippen molar-refractivity contribution in [2.75, 3.05) is 7.11 Å². The standard InChI is InChI=1S/C16H12O5/c1-20-12-5-3-2-4-10(12)14-15(18)11-7-6-9(17)8-13(11)21-16(14)19/h2-8,17-18H,1H3. The molecule has 5 heteroatoms. The SMILES string of the molecule is COc1ccccc1-c1c(O)c2ccc(O)cc2oc1=O. The molecule has 0 aliphatic heterocycles. The van der Waals surface area contributed by atoms with E-state index < -0.39 is 5.63 Å². The van der Waals surface area contributed by atoms with E-state index in [0.717, 1.165) is 0 Å². The summed E-state index contributed by atoms with van der Waals surface area (Å²) >= 11 is 0. The highest BCUT2D eigenvalue weighted by molar-refractivity contribution is 5.91. The van der Waals surface area contributed by atoms with E-state index >= 15 is 0 Å². The Morgan fingerprint density at radius 2 is 1.86 bits per heavy atom. The Hall–Kier alpha value is -2.95. The van der Waals surface area contributed by atoms with Crippen molar-refractivity contribution < 1.29 is 19.4 Å². The minimum Gasteiger partial charge on any atom is -0.508 e. The topological polar surface area (TPSA) is 79.9 Å². The molecule has 0 saturated heterocycles. The minimum absolute atomic E-state index is 0.0330. The van der Waals surface area contributed by atoms with Gasteiger partial charge in [0.15, 0.2) is 0 Å². The summed E-state index contributed by atoms with van der Waals surface area (Å²) < 4.78 is 10.4. The summed E-state index contributed by atoms with van der Waals surface area (Å²) in [5.74, 6) is 0.207. The maximum Gasteiger partial charge on any atom is 0.348 e. The predicted molar refractivity (Wildman–Crippen MR) is 77.8 cm³/mol. The van der Waals surface area contributed by atoms with Gasteiger partial charge in [0.05, 0.1) is 12.5 Å². The van der Waals surface area contributed by atoms with Crippen molar-refractivity contribution in [2.45, 2.75) is 0 Å². The van der Waals surface area contributed by atoms with Gasteiger partial charge in [-0.05, 0) is 18.2 Å². The van der Waals surface area contributed by atoms with Crippen LogP contribution in [0.4, 0.5) is 0 Å². The summed E-state index contributed by atoms with van der Waals surface area (Å²) in [5.41, 5.74) is -0.0990. The van der Waals surface area contributed by atoms with Crippen molar-refractivity contribution in [3.05, 3.63) is 52.9 Å². The van der Waals surface area contributed by atoms with E-state index in [-0.39, 0.29) is 22.6 Å². The first-order chi connectivity index (χ1) is 10.1. The van der Waals surface area contributed by atoms with Crippen LogP contribution >= 0.6 is 0 Å². The van der Waals surface area contributed by atoms with E-state index in [1.807, 2.05) is 0 Å². The molecule has 3 aromatic rings. The molecule has 0 fully saturated rings. The lowest BCUT2D eigenvalue weighted by Gasteiger charge is -2.10. The molecule has 0 bridgehead atoms. The number of benzene rings is 2. The van der Waals surface area contributed by atoms with Gasteiger partial charge < -0.3 is 19.4 Å². The molecule has 0 aliphatic rings. The Morgan fingerprint density at radius 1 is 1.10 bits per heavy atom. The third-order valence-electron chi connectivity index (χ3n) is 3.24. The lowest BCUT2D eigenvalue weighted by Crippen LogP contribution is -2.04. The number of hydrogen-bond donors (Lipinski definition) is 2. The number of rotatable bonds is 2.